The Morgan fingerprint density at radius 3 is 2.39 bits per heavy atom. The highest BCUT2D eigenvalue weighted by molar-refractivity contribution is 5.87. The smallest absolute Gasteiger partial charge is 0.240 e. The van der Waals surface area contributed by atoms with E-state index in [1.54, 1.807) is 0 Å². The molecular formula is C12H25Cl2N3O. The number of likely N-dealkylation sites (N-methyl/N-ethyl adjacent to an activating group) is 1. The van der Waals surface area contributed by atoms with Gasteiger partial charge in [-0.3, -0.25) is 9.69 Å². The molecule has 2 aliphatic rings. The monoisotopic (exact) mass is 297 g/mol. The summed E-state index contributed by atoms with van der Waals surface area (Å²) in [5.41, 5.74) is 5.40. The third-order valence-corrected chi connectivity index (χ3v) is 3.85. The summed E-state index contributed by atoms with van der Waals surface area (Å²) in [5, 5.41) is 2.97. The SMILES string of the molecule is CCN(CCNC(=O)C1(N)CCC1)C1CC1.Cl.Cl. The van der Waals surface area contributed by atoms with Gasteiger partial charge in [-0.15, -0.1) is 24.8 Å². The van der Waals surface area contributed by atoms with E-state index in [9.17, 15) is 4.79 Å². The van der Waals surface area contributed by atoms with Crippen molar-refractivity contribution in [2.45, 2.75) is 50.6 Å². The molecule has 0 aromatic heterocycles. The van der Waals surface area contributed by atoms with Crippen LogP contribution in [0.1, 0.15) is 39.0 Å². The number of nitrogens with two attached hydrogens (primary N) is 1. The average molecular weight is 298 g/mol. The number of carbonyl (C=O) groups is 1. The van der Waals surface area contributed by atoms with Crippen molar-refractivity contribution in [3.05, 3.63) is 0 Å². The number of halogens is 2. The zero-order chi connectivity index (χ0) is 11.6. The Morgan fingerprint density at radius 2 is 2.00 bits per heavy atom. The second kappa shape index (κ2) is 7.53. The fourth-order valence-electron chi connectivity index (χ4n) is 2.31. The molecule has 0 spiro atoms. The normalized spacial score (nSPS) is 20.4. The van der Waals surface area contributed by atoms with E-state index in [2.05, 4.69) is 17.1 Å². The molecule has 0 heterocycles. The molecule has 0 aliphatic heterocycles. The lowest BCUT2D eigenvalue weighted by atomic mass is 9.77. The summed E-state index contributed by atoms with van der Waals surface area (Å²) in [5.74, 6) is 0.0469. The number of nitrogens with one attached hydrogen (secondary N) is 1. The first-order valence-electron chi connectivity index (χ1n) is 6.47. The maximum absolute atomic E-state index is 11.7. The van der Waals surface area contributed by atoms with Gasteiger partial charge in [-0.05, 0) is 38.6 Å². The van der Waals surface area contributed by atoms with E-state index in [4.69, 9.17) is 5.73 Å². The van der Waals surface area contributed by atoms with E-state index in [1.807, 2.05) is 0 Å². The van der Waals surface area contributed by atoms with Gasteiger partial charge in [-0.2, -0.15) is 0 Å². The first-order valence-corrected chi connectivity index (χ1v) is 6.47. The Labute approximate surface area is 122 Å². The van der Waals surface area contributed by atoms with Crippen LogP contribution in [0.25, 0.3) is 0 Å². The van der Waals surface area contributed by atoms with Crippen molar-refractivity contribution in [2.24, 2.45) is 5.73 Å². The van der Waals surface area contributed by atoms with Crippen LogP contribution in [0.5, 0.6) is 0 Å². The first-order chi connectivity index (χ1) is 7.65. The second-order valence-corrected chi connectivity index (χ2v) is 5.13. The quantitative estimate of drug-likeness (QED) is 0.777. The molecule has 108 valence electrons. The van der Waals surface area contributed by atoms with Gasteiger partial charge in [-0.1, -0.05) is 6.92 Å². The summed E-state index contributed by atoms with van der Waals surface area (Å²) in [7, 11) is 0. The highest BCUT2D eigenvalue weighted by atomic mass is 35.5. The van der Waals surface area contributed by atoms with Crippen molar-refractivity contribution in [1.82, 2.24) is 10.2 Å². The Bertz CT molecular complexity index is 268. The molecule has 0 aromatic rings. The number of amides is 1. The Morgan fingerprint density at radius 1 is 1.39 bits per heavy atom. The van der Waals surface area contributed by atoms with Gasteiger partial charge in [0.1, 0.15) is 0 Å². The van der Waals surface area contributed by atoms with E-state index in [1.165, 1.54) is 12.8 Å². The molecule has 2 saturated carbocycles. The topological polar surface area (TPSA) is 58.4 Å². The molecule has 2 aliphatic carbocycles. The van der Waals surface area contributed by atoms with Crippen molar-refractivity contribution in [1.29, 1.82) is 0 Å². The zero-order valence-electron chi connectivity index (χ0n) is 11.0. The minimum Gasteiger partial charge on any atom is -0.353 e. The molecule has 2 fully saturated rings. The van der Waals surface area contributed by atoms with Crippen molar-refractivity contribution < 1.29 is 4.79 Å². The van der Waals surface area contributed by atoms with Crippen LogP contribution in [0.3, 0.4) is 0 Å². The molecule has 1 amide bonds. The number of rotatable bonds is 6. The molecule has 0 saturated heterocycles. The van der Waals surface area contributed by atoms with Gasteiger partial charge < -0.3 is 11.1 Å². The fourth-order valence-corrected chi connectivity index (χ4v) is 2.31. The van der Waals surface area contributed by atoms with Crippen molar-refractivity contribution in [3.8, 4) is 0 Å². The van der Waals surface area contributed by atoms with Crippen LogP contribution in [-0.4, -0.2) is 42.0 Å². The zero-order valence-corrected chi connectivity index (χ0v) is 12.6. The summed E-state index contributed by atoms with van der Waals surface area (Å²) in [6.07, 6.45) is 5.43. The van der Waals surface area contributed by atoms with E-state index in [0.717, 1.165) is 44.9 Å². The molecule has 0 radical (unpaired) electrons. The molecule has 0 atom stereocenters. The molecular weight excluding hydrogens is 273 g/mol. The van der Waals surface area contributed by atoms with Gasteiger partial charge >= 0.3 is 0 Å². The van der Waals surface area contributed by atoms with Gasteiger partial charge in [0, 0.05) is 19.1 Å². The van der Waals surface area contributed by atoms with E-state index >= 15 is 0 Å². The van der Waals surface area contributed by atoms with Gasteiger partial charge in [0.15, 0.2) is 0 Å². The van der Waals surface area contributed by atoms with Crippen molar-refractivity contribution >= 4 is 30.7 Å². The highest BCUT2D eigenvalue weighted by Gasteiger charge is 2.39. The summed E-state index contributed by atoms with van der Waals surface area (Å²) < 4.78 is 0. The molecule has 3 N–H and O–H groups in total. The summed E-state index contributed by atoms with van der Waals surface area (Å²) in [6, 6.07) is 0.775. The lowest BCUT2D eigenvalue weighted by Gasteiger charge is -2.36. The van der Waals surface area contributed by atoms with E-state index < -0.39 is 5.54 Å². The maximum atomic E-state index is 11.7. The van der Waals surface area contributed by atoms with Crippen LogP contribution in [0.4, 0.5) is 0 Å². The Hall–Kier alpha value is -0.0300. The molecule has 2 rings (SSSR count). The molecule has 0 bridgehead atoms. The molecule has 0 aromatic carbocycles. The maximum Gasteiger partial charge on any atom is 0.240 e. The molecule has 0 unspecified atom stereocenters. The molecule has 4 nitrogen and oxygen atoms in total. The largest absolute Gasteiger partial charge is 0.353 e. The van der Waals surface area contributed by atoms with E-state index in [0.29, 0.717) is 0 Å². The van der Waals surface area contributed by atoms with Crippen molar-refractivity contribution in [3.63, 3.8) is 0 Å². The number of hydrogen-bond donors (Lipinski definition) is 2. The standard InChI is InChI=1S/C12H23N3O.2ClH/c1-2-15(10-4-5-10)9-8-14-11(16)12(13)6-3-7-12;;/h10H,2-9,13H2,1H3,(H,14,16);2*1H. The summed E-state index contributed by atoms with van der Waals surface area (Å²) in [4.78, 5) is 14.2. The number of nitrogens with zero attached hydrogens (tertiary/aromatic N) is 1. The van der Waals surface area contributed by atoms with Crippen LogP contribution in [0.15, 0.2) is 0 Å². The minimum atomic E-state index is -0.545. The lowest BCUT2D eigenvalue weighted by Crippen LogP contribution is -2.59. The Balaban J connectivity index is 0.00000144. The number of carbonyl (C=O) groups excluding carboxylic acids is 1. The van der Waals surface area contributed by atoms with Crippen LogP contribution < -0.4 is 11.1 Å². The molecule has 6 heteroatoms. The minimum absolute atomic E-state index is 0. The lowest BCUT2D eigenvalue weighted by molar-refractivity contribution is -0.129. The Kier molecular flexibility index (Phi) is 7.52. The predicted molar refractivity (Wildman–Crippen MR) is 78.5 cm³/mol. The van der Waals surface area contributed by atoms with Crippen LogP contribution in [-0.2, 0) is 4.79 Å². The van der Waals surface area contributed by atoms with Crippen LogP contribution >= 0.6 is 24.8 Å². The number of hydrogen-bond acceptors (Lipinski definition) is 3. The van der Waals surface area contributed by atoms with Crippen LogP contribution in [0.2, 0.25) is 0 Å². The highest BCUT2D eigenvalue weighted by Crippen LogP contribution is 2.29. The third-order valence-electron chi connectivity index (χ3n) is 3.85. The van der Waals surface area contributed by atoms with Gasteiger partial charge in [0.2, 0.25) is 5.91 Å². The second-order valence-electron chi connectivity index (χ2n) is 5.13. The van der Waals surface area contributed by atoms with Gasteiger partial charge in [-0.25, -0.2) is 0 Å². The van der Waals surface area contributed by atoms with Gasteiger partial charge in [0.05, 0.1) is 5.54 Å². The summed E-state index contributed by atoms with van der Waals surface area (Å²) in [6.45, 7) is 4.95. The first kappa shape index (κ1) is 18.0. The third kappa shape index (κ3) is 4.26. The van der Waals surface area contributed by atoms with Gasteiger partial charge in [0.25, 0.3) is 0 Å². The van der Waals surface area contributed by atoms with Crippen LogP contribution in [0, 0.1) is 0 Å². The van der Waals surface area contributed by atoms with E-state index in [-0.39, 0.29) is 30.7 Å². The summed E-state index contributed by atoms with van der Waals surface area (Å²) >= 11 is 0. The average Bonchev–Trinajstić information content (AvgIpc) is 3.04. The predicted octanol–water partition coefficient (Wildman–Crippen LogP) is 1.31. The fraction of sp³-hybridized carbons (Fsp3) is 0.917. The molecule has 18 heavy (non-hydrogen) atoms. The van der Waals surface area contributed by atoms with Crippen molar-refractivity contribution in [2.75, 3.05) is 19.6 Å².